The Morgan fingerprint density at radius 2 is 1.85 bits per heavy atom. The standard InChI is InChI=1S/C20H19NO5/c1-11-17(13-7-4-5-9-15(13)21-11)18(22)12(2)26-20(24)14-8-6-10-16(25-3)19(14)23/h4-10,12,21,23H,1-3H3. The first-order chi connectivity index (χ1) is 12.4. The highest BCUT2D eigenvalue weighted by molar-refractivity contribution is 6.11. The highest BCUT2D eigenvalue weighted by Crippen LogP contribution is 2.30. The van der Waals surface area contributed by atoms with Crippen molar-refractivity contribution in [1.82, 2.24) is 4.98 Å². The number of carbonyl (C=O) groups excluding carboxylic acids is 2. The van der Waals surface area contributed by atoms with E-state index >= 15 is 0 Å². The zero-order chi connectivity index (χ0) is 18.8. The van der Waals surface area contributed by atoms with Gasteiger partial charge in [-0.05, 0) is 32.0 Å². The Morgan fingerprint density at radius 3 is 2.58 bits per heavy atom. The molecular weight excluding hydrogens is 334 g/mol. The fourth-order valence-corrected chi connectivity index (χ4v) is 2.93. The van der Waals surface area contributed by atoms with E-state index in [1.54, 1.807) is 13.0 Å². The SMILES string of the molecule is COc1cccc(C(=O)OC(C)C(=O)c2c(C)[nH]c3ccccc23)c1O. The second kappa shape index (κ2) is 6.92. The maximum absolute atomic E-state index is 12.8. The molecule has 6 heteroatoms. The van der Waals surface area contributed by atoms with Crippen molar-refractivity contribution in [3.63, 3.8) is 0 Å². The maximum atomic E-state index is 12.8. The summed E-state index contributed by atoms with van der Waals surface area (Å²) in [6.07, 6.45) is -1.01. The monoisotopic (exact) mass is 353 g/mol. The topological polar surface area (TPSA) is 88.6 Å². The molecule has 0 saturated carbocycles. The van der Waals surface area contributed by atoms with Gasteiger partial charge in [-0.15, -0.1) is 0 Å². The predicted octanol–water partition coefficient (Wildman–Crippen LogP) is 3.62. The van der Waals surface area contributed by atoms with Crippen molar-refractivity contribution in [1.29, 1.82) is 0 Å². The number of ether oxygens (including phenoxy) is 2. The number of Topliss-reactive ketones (excluding diaryl/α,β-unsaturated/α-hetero) is 1. The average molecular weight is 353 g/mol. The lowest BCUT2D eigenvalue weighted by molar-refractivity contribution is 0.0316. The van der Waals surface area contributed by atoms with Crippen LogP contribution >= 0.6 is 0 Å². The number of phenols is 1. The molecule has 134 valence electrons. The van der Waals surface area contributed by atoms with E-state index in [1.165, 1.54) is 26.2 Å². The lowest BCUT2D eigenvalue weighted by Crippen LogP contribution is -2.25. The van der Waals surface area contributed by atoms with Crippen LogP contribution in [0.1, 0.15) is 33.3 Å². The molecule has 6 nitrogen and oxygen atoms in total. The van der Waals surface area contributed by atoms with Gasteiger partial charge in [0.05, 0.1) is 7.11 Å². The van der Waals surface area contributed by atoms with Crippen LogP contribution in [0.3, 0.4) is 0 Å². The maximum Gasteiger partial charge on any atom is 0.342 e. The van der Waals surface area contributed by atoms with Crippen molar-refractivity contribution in [2.45, 2.75) is 20.0 Å². The Hall–Kier alpha value is -3.28. The van der Waals surface area contributed by atoms with E-state index in [1.807, 2.05) is 24.3 Å². The Labute approximate surface area is 150 Å². The number of hydrogen-bond acceptors (Lipinski definition) is 5. The molecule has 26 heavy (non-hydrogen) atoms. The van der Waals surface area contributed by atoms with Gasteiger partial charge in [0.2, 0.25) is 5.78 Å². The van der Waals surface area contributed by atoms with Crippen molar-refractivity contribution in [2.75, 3.05) is 7.11 Å². The Morgan fingerprint density at radius 1 is 1.12 bits per heavy atom. The van der Waals surface area contributed by atoms with Crippen molar-refractivity contribution >= 4 is 22.7 Å². The summed E-state index contributed by atoms with van der Waals surface area (Å²) in [6, 6.07) is 11.9. The molecule has 2 aromatic carbocycles. The Kier molecular flexibility index (Phi) is 4.67. The van der Waals surface area contributed by atoms with Gasteiger partial charge in [-0.1, -0.05) is 24.3 Å². The van der Waals surface area contributed by atoms with Gasteiger partial charge in [-0.3, -0.25) is 4.79 Å². The number of aromatic nitrogens is 1. The number of nitrogens with one attached hydrogen (secondary N) is 1. The number of aromatic hydroxyl groups is 1. The van der Waals surface area contributed by atoms with Gasteiger partial charge < -0.3 is 19.6 Å². The minimum absolute atomic E-state index is 0.0559. The predicted molar refractivity (Wildman–Crippen MR) is 96.9 cm³/mol. The van der Waals surface area contributed by atoms with Crippen LogP contribution in [0.25, 0.3) is 10.9 Å². The first kappa shape index (κ1) is 17.5. The zero-order valence-electron chi connectivity index (χ0n) is 14.7. The number of esters is 1. The number of methoxy groups -OCH3 is 1. The smallest absolute Gasteiger partial charge is 0.342 e. The molecule has 0 aliphatic heterocycles. The molecule has 1 heterocycles. The molecule has 0 aliphatic rings. The van der Waals surface area contributed by atoms with Gasteiger partial charge in [-0.2, -0.15) is 0 Å². The fourth-order valence-electron chi connectivity index (χ4n) is 2.93. The number of aryl methyl sites for hydroxylation is 1. The summed E-state index contributed by atoms with van der Waals surface area (Å²) >= 11 is 0. The second-order valence-corrected chi connectivity index (χ2v) is 5.94. The van der Waals surface area contributed by atoms with E-state index in [4.69, 9.17) is 9.47 Å². The van der Waals surface area contributed by atoms with Crippen molar-refractivity contribution in [3.05, 3.63) is 59.3 Å². The van der Waals surface area contributed by atoms with Crippen molar-refractivity contribution < 1.29 is 24.2 Å². The second-order valence-electron chi connectivity index (χ2n) is 5.94. The molecule has 1 unspecified atom stereocenters. The summed E-state index contributed by atoms with van der Waals surface area (Å²) in [5, 5.41) is 10.8. The molecule has 2 N–H and O–H groups in total. The molecule has 0 radical (unpaired) electrons. The van der Waals surface area contributed by atoms with Gasteiger partial charge in [0.15, 0.2) is 17.6 Å². The van der Waals surface area contributed by atoms with E-state index in [9.17, 15) is 14.7 Å². The lowest BCUT2D eigenvalue weighted by atomic mass is 10.0. The molecule has 1 aromatic heterocycles. The largest absolute Gasteiger partial charge is 0.504 e. The summed E-state index contributed by atoms with van der Waals surface area (Å²) in [4.78, 5) is 28.4. The average Bonchev–Trinajstić information content (AvgIpc) is 2.96. The van der Waals surface area contributed by atoms with Crippen LogP contribution in [0.15, 0.2) is 42.5 Å². The number of hydrogen-bond donors (Lipinski definition) is 2. The molecule has 0 saturated heterocycles. The lowest BCUT2D eigenvalue weighted by Gasteiger charge is -2.14. The first-order valence-electron chi connectivity index (χ1n) is 8.12. The molecule has 0 fully saturated rings. The number of aromatic amines is 1. The van der Waals surface area contributed by atoms with E-state index in [0.717, 1.165) is 10.9 Å². The minimum Gasteiger partial charge on any atom is -0.504 e. The highest BCUT2D eigenvalue weighted by atomic mass is 16.5. The van der Waals surface area contributed by atoms with Gasteiger partial charge >= 0.3 is 5.97 Å². The quantitative estimate of drug-likeness (QED) is 0.540. The molecule has 0 bridgehead atoms. The summed E-state index contributed by atoms with van der Waals surface area (Å²) in [6.45, 7) is 3.31. The van der Waals surface area contributed by atoms with Crippen LogP contribution in [-0.4, -0.2) is 35.1 Å². The molecular formula is C20H19NO5. The van der Waals surface area contributed by atoms with Crippen molar-refractivity contribution in [3.8, 4) is 11.5 Å². The van der Waals surface area contributed by atoms with E-state index in [-0.39, 0.29) is 22.8 Å². The van der Waals surface area contributed by atoms with Gasteiger partial charge in [-0.25, -0.2) is 4.79 Å². The minimum atomic E-state index is -1.01. The van der Waals surface area contributed by atoms with Crippen LogP contribution < -0.4 is 4.74 Å². The van der Waals surface area contributed by atoms with Gasteiger partial charge in [0.1, 0.15) is 5.56 Å². The van der Waals surface area contributed by atoms with Crippen LogP contribution in [0.4, 0.5) is 0 Å². The third-order valence-electron chi connectivity index (χ3n) is 4.23. The van der Waals surface area contributed by atoms with Crippen LogP contribution in [-0.2, 0) is 4.74 Å². The third kappa shape index (κ3) is 3.01. The van der Waals surface area contributed by atoms with E-state index in [2.05, 4.69) is 4.98 Å². The number of H-pyrrole nitrogens is 1. The number of phenolic OH excluding ortho intramolecular Hbond substituents is 1. The van der Waals surface area contributed by atoms with Crippen LogP contribution in [0.5, 0.6) is 11.5 Å². The fraction of sp³-hybridized carbons (Fsp3) is 0.200. The summed E-state index contributed by atoms with van der Waals surface area (Å²) in [5.74, 6) is -1.26. The molecule has 0 spiro atoms. The normalized spacial score (nSPS) is 12.0. The van der Waals surface area contributed by atoms with E-state index in [0.29, 0.717) is 11.3 Å². The van der Waals surface area contributed by atoms with Crippen LogP contribution in [0, 0.1) is 6.92 Å². The molecule has 0 aliphatic carbocycles. The summed E-state index contributed by atoms with van der Waals surface area (Å²) < 4.78 is 10.3. The van der Waals surface area contributed by atoms with Gasteiger partial charge in [0, 0.05) is 22.2 Å². The Balaban J connectivity index is 1.85. The molecule has 3 aromatic rings. The third-order valence-corrected chi connectivity index (χ3v) is 4.23. The number of fused-ring (bicyclic) bond motifs is 1. The number of rotatable bonds is 5. The molecule has 3 rings (SSSR count). The van der Waals surface area contributed by atoms with Gasteiger partial charge in [0.25, 0.3) is 0 Å². The van der Waals surface area contributed by atoms with Crippen LogP contribution in [0.2, 0.25) is 0 Å². The number of benzene rings is 2. The first-order valence-corrected chi connectivity index (χ1v) is 8.12. The zero-order valence-corrected chi connectivity index (χ0v) is 14.7. The number of carbonyl (C=O) groups is 2. The highest BCUT2D eigenvalue weighted by Gasteiger charge is 2.26. The molecule has 0 amide bonds. The summed E-state index contributed by atoms with van der Waals surface area (Å²) in [5.41, 5.74) is 2.00. The summed E-state index contributed by atoms with van der Waals surface area (Å²) in [7, 11) is 1.39. The van der Waals surface area contributed by atoms with Crippen molar-refractivity contribution in [2.24, 2.45) is 0 Å². The molecule has 1 atom stereocenters. The Bertz CT molecular complexity index is 989. The number of para-hydroxylation sites is 2. The van der Waals surface area contributed by atoms with E-state index < -0.39 is 12.1 Å². The number of ketones is 1.